The maximum absolute atomic E-state index is 5.99. The maximum Gasteiger partial charge on any atom is 0.332 e. The number of rotatable bonds is 12. The normalized spacial score (nSPS) is 11.1. The van der Waals surface area contributed by atoms with Crippen molar-refractivity contribution in [2.45, 2.75) is 78.0 Å². The number of hydrogen-bond acceptors (Lipinski definition) is 3. The Hall–Kier alpha value is -1.15. The summed E-state index contributed by atoms with van der Waals surface area (Å²) in [6.07, 6.45) is 11.3. The zero-order valence-corrected chi connectivity index (χ0v) is 16.6. The highest BCUT2D eigenvalue weighted by Gasteiger charge is 2.24. The Morgan fingerprint density at radius 3 is 2.42 bits per heavy atom. The molecule has 0 amide bonds. The SMILES string of the molecule is CCC#CCCCCCCCCO[Si](C)(C)OCc1ccccn1. The zero-order chi connectivity index (χ0) is 17.5. The molecule has 0 bridgehead atoms. The van der Waals surface area contributed by atoms with Gasteiger partial charge in [-0.15, -0.1) is 11.8 Å². The first-order chi connectivity index (χ1) is 11.6. The molecule has 0 aliphatic rings. The van der Waals surface area contributed by atoms with E-state index in [9.17, 15) is 0 Å². The standard InChI is InChI=1S/C20H33NO2Si/c1-4-5-6-7-8-9-10-11-12-15-18-22-24(2,3)23-19-20-16-13-14-17-21-20/h13-14,16-17H,4,7-12,15,18-19H2,1-3H3. The van der Waals surface area contributed by atoms with Crippen molar-refractivity contribution >= 4 is 8.56 Å². The van der Waals surface area contributed by atoms with Gasteiger partial charge in [-0.3, -0.25) is 4.98 Å². The van der Waals surface area contributed by atoms with Crippen molar-refractivity contribution in [1.82, 2.24) is 4.98 Å². The van der Waals surface area contributed by atoms with Gasteiger partial charge in [0.05, 0.1) is 12.3 Å². The van der Waals surface area contributed by atoms with E-state index in [0.717, 1.165) is 31.6 Å². The average Bonchev–Trinajstić information content (AvgIpc) is 2.59. The fourth-order valence-electron chi connectivity index (χ4n) is 2.33. The predicted molar refractivity (Wildman–Crippen MR) is 103 cm³/mol. The molecule has 0 spiro atoms. The highest BCUT2D eigenvalue weighted by Crippen LogP contribution is 2.12. The summed E-state index contributed by atoms with van der Waals surface area (Å²) in [5.74, 6) is 6.33. The maximum atomic E-state index is 5.99. The van der Waals surface area contributed by atoms with Gasteiger partial charge in [-0.2, -0.15) is 0 Å². The Morgan fingerprint density at radius 1 is 0.958 bits per heavy atom. The third-order valence-corrected chi connectivity index (χ3v) is 5.48. The van der Waals surface area contributed by atoms with Crippen molar-refractivity contribution in [2.75, 3.05) is 6.61 Å². The molecule has 24 heavy (non-hydrogen) atoms. The van der Waals surface area contributed by atoms with Crippen molar-refractivity contribution in [1.29, 1.82) is 0 Å². The van der Waals surface area contributed by atoms with E-state index in [0.29, 0.717) is 6.61 Å². The van der Waals surface area contributed by atoms with E-state index in [2.05, 4.69) is 36.8 Å². The number of hydrogen-bond donors (Lipinski definition) is 0. The second kappa shape index (κ2) is 13.2. The van der Waals surface area contributed by atoms with Gasteiger partial charge in [-0.1, -0.05) is 38.7 Å². The van der Waals surface area contributed by atoms with Crippen LogP contribution in [0.2, 0.25) is 13.1 Å². The molecular formula is C20H33NO2Si. The second-order valence-corrected chi connectivity index (χ2v) is 9.81. The highest BCUT2D eigenvalue weighted by molar-refractivity contribution is 6.64. The lowest BCUT2D eigenvalue weighted by Crippen LogP contribution is -2.35. The van der Waals surface area contributed by atoms with Gasteiger partial charge in [0.2, 0.25) is 0 Å². The van der Waals surface area contributed by atoms with Gasteiger partial charge in [-0.25, -0.2) is 0 Å². The van der Waals surface area contributed by atoms with Crippen LogP contribution in [0.5, 0.6) is 0 Å². The summed E-state index contributed by atoms with van der Waals surface area (Å²) in [5.41, 5.74) is 0.963. The molecule has 1 aromatic heterocycles. The van der Waals surface area contributed by atoms with Crippen LogP contribution in [0.25, 0.3) is 0 Å². The Balaban J connectivity index is 1.97. The largest absolute Gasteiger partial charge is 0.395 e. The summed E-state index contributed by atoms with van der Waals surface area (Å²) >= 11 is 0. The molecule has 134 valence electrons. The van der Waals surface area contributed by atoms with E-state index in [1.54, 1.807) is 6.20 Å². The molecule has 1 rings (SSSR count). The Labute approximate surface area is 149 Å². The van der Waals surface area contributed by atoms with Crippen molar-refractivity contribution in [2.24, 2.45) is 0 Å². The van der Waals surface area contributed by atoms with Crippen LogP contribution in [-0.4, -0.2) is 20.2 Å². The highest BCUT2D eigenvalue weighted by atomic mass is 28.4. The van der Waals surface area contributed by atoms with Crippen LogP contribution >= 0.6 is 0 Å². The fourth-order valence-corrected chi connectivity index (χ4v) is 3.54. The lowest BCUT2D eigenvalue weighted by molar-refractivity contribution is 0.167. The molecule has 3 nitrogen and oxygen atoms in total. The van der Waals surface area contributed by atoms with E-state index in [4.69, 9.17) is 8.85 Å². The molecule has 0 aromatic carbocycles. The lowest BCUT2D eigenvalue weighted by Gasteiger charge is -2.22. The molecule has 0 unspecified atom stereocenters. The first kappa shape index (κ1) is 20.9. The topological polar surface area (TPSA) is 31.4 Å². The molecule has 0 radical (unpaired) electrons. The quantitative estimate of drug-likeness (QED) is 0.286. The van der Waals surface area contributed by atoms with Crippen molar-refractivity contribution in [3.63, 3.8) is 0 Å². The molecule has 4 heteroatoms. The molecule has 1 heterocycles. The predicted octanol–water partition coefficient (Wildman–Crippen LogP) is 5.46. The summed E-state index contributed by atoms with van der Waals surface area (Å²) in [7, 11) is -2.04. The van der Waals surface area contributed by atoms with Crippen LogP contribution in [0.3, 0.4) is 0 Å². The zero-order valence-electron chi connectivity index (χ0n) is 15.6. The molecule has 0 saturated carbocycles. The molecule has 1 aromatic rings. The van der Waals surface area contributed by atoms with Crippen LogP contribution in [0, 0.1) is 11.8 Å². The van der Waals surface area contributed by atoms with Gasteiger partial charge in [-0.05, 0) is 38.1 Å². The van der Waals surface area contributed by atoms with Crippen LogP contribution in [0.15, 0.2) is 24.4 Å². The minimum absolute atomic E-state index is 0.543. The Kier molecular flexibility index (Phi) is 11.5. The minimum atomic E-state index is -2.04. The summed E-state index contributed by atoms with van der Waals surface area (Å²) in [5, 5.41) is 0. The molecule has 0 N–H and O–H groups in total. The van der Waals surface area contributed by atoms with E-state index >= 15 is 0 Å². The molecular weight excluding hydrogens is 314 g/mol. The lowest BCUT2D eigenvalue weighted by atomic mass is 10.1. The van der Waals surface area contributed by atoms with E-state index in [1.807, 2.05) is 18.2 Å². The number of pyridine rings is 1. The smallest absolute Gasteiger partial charge is 0.332 e. The summed E-state index contributed by atoms with van der Waals surface area (Å²) in [4.78, 5) is 4.28. The number of aromatic nitrogens is 1. The van der Waals surface area contributed by atoms with Crippen molar-refractivity contribution < 1.29 is 8.85 Å². The third kappa shape index (κ3) is 11.4. The molecule has 0 aliphatic heterocycles. The number of nitrogens with zero attached hydrogens (tertiary/aromatic N) is 1. The third-order valence-electron chi connectivity index (χ3n) is 3.74. The fraction of sp³-hybridized carbons (Fsp3) is 0.650. The van der Waals surface area contributed by atoms with Gasteiger partial charge in [0, 0.05) is 25.6 Å². The Morgan fingerprint density at radius 2 is 1.71 bits per heavy atom. The number of unbranched alkanes of at least 4 members (excludes halogenated alkanes) is 6. The first-order valence-corrected chi connectivity index (χ1v) is 12.1. The van der Waals surface area contributed by atoms with Gasteiger partial charge >= 0.3 is 8.56 Å². The van der Waals surface area contributed by atoms with Crippen LogP contribution in [0.4, 0.5) is 0 Å². The van der Waals surface area contributed by atoms with E-state index in [-0.39, 0.29) is 0 Å². The molecule has 0 saturated heterocycles. The summed E-state index contributed by atoms with van der Waals surface area (Å²) in [6, 6.07) is 5.89. The molecule has 0 fully saturated rings. The first-order valence-electron chi connectivity index (χ1n) is 9.27. The van der Waals surface area contributed by atoms with E-state index in [1.165, 1.54) is 32.1 Å². The molecule has 0 atom stereocenters. The monoisotopic (exact) mass is 347 g/mol. The Bertz CT molecular complexity index is 479. The van der Waals surface area contributed by atoms with Crippen molar-refractivity contribution in [3.05, 3.63) is 30.1 Å². The van der Waals surface area contributed by atoms with Gasteiger partial charge in [0.15, 0.2) is 0 Å². The minimum Gasteiger partial charge on any atom is -0.395 e. The summed E-state index contributed by atoms with van der Waals surface area (Å²) < 4.78 is 11.9. The van der Waals surface area contributed by atoms with Crippen LogP contribution < -0.4 is 0 Å². The van der Waals surface area contributed by atoms with Gasteiger partial charge in [0.1, 0.15) is 0 Å². The van der Waals surface area contributed by atoms with Gasteiger partial charge < -0.3 is 8.85 Å². The molecule has 0 aliphatic carbocycles. The average molecular weight is 348 g/mol. The summed E-state index contributed by atoms with van der Waals surface area (Å²) in [6.45, 7) is 7.66. The van der Waals surface area contributed by atoms with Crippen LogP contribution in [-0.2, 0) is 15.5 Å². The van der Waals surface area contributed by atoms with Crippen LogP contribution in [0.1, 0.15) is 64.0 Å². The van der Waals surface area contributed by atoms with E-state index < -0.39 is 8.56 Å². The van der Waals surface area contributed by atoms with Gasteiger partial charge in [0.25, 0.3) is 0 Å². The van der Waals surface area contributed by atoms with Crippen molar-refractivity contribution in [3.8, 4) is 11.8 Å². The second-order valence-electron chi connectivity index (χ2n) is 6.44.